The molecular formula is C14H20N2O4. The van der Waals surface area contributed by atoms with Crippen LogP contribution in [0.15, 0.2) is 24.3 Å². The molecule has 110 valence electrons. The second-order valence-electron chi connectivity index (χ2n) is 5.05. The minimum atomic E-state index is -0.632. The number of rotatable bonds is 6. The van der Waals surface area contributed by atoms with Gasteiger partial charge in [-0.2, -0.15) is 0 Å². The van der Waals surface area contributed by atoms with E-state index in [-0.39, 0.29) is 18.0 Å². The first kappa shape index (κ1) is 14.7. The summed E-state index contributed by atoms with van der Waals surface area (Å²) >= 11 is 0. The molecule has 1 heterocycles. The third-order valence-corrected chi connectivity index (χ3v) is 3.41. The highest BCUT2D eigenvalue weighted by Gasteiger charge is 2.18. The van der Waals surface area contributed by atoms with Crippen molar-refractivity contribution in [3.05, 3.63) is 34.4 Å². The van der Waals surface area contributed by atoms with E-state index >= 15 is 0 Å². The number of benzene rings is 1. The molecule has 0 aliphatic carbocycles. The number of piperidine rings is 1. The summed E-state index contributed by atoms with van der Waals surface area (Å²) in [4.78, 5) is 12.6. The molecule has 2 rings (SSSR count). The smallest absolute Gasteiger partial charge is 0.310 e. The first-order chi connectivity index (χ1) is 9.66. The van der Waals surface area contributed by atoms with E-state index in [1.807, 2.05) is 0 Å². The van der Waals surface area contributed by atoms with E-state index in [2.05, 4.69) is 4.90 Å². The average Bonchev–Trinajstić information content (AvgIpc) is 2.46. The number of aliphatic hydroxyl groups excluding tert-OH is 1. The minimum Gasteiger partial charge on any atom is -0.484 e. The molecule has 1 saturated heterocycles. The number of nitro benzene ring substituents is 1. The van der Waals surface area contributed by atoms with E-state index in [4.69, 9.17) is 4.74 Å². The molecule has 0 unspecified atom stereocenters. The fourth-order valence-corrected chi connectivity index (χ4v) is 2.41. The number of ether oxygens (including phenoxy) is 1. The molecule has 6 nitrogen and oxygen atoms in total. The van der Waals surface area contributed by atoms with Crippen LogP contribution in [0, 0.1) is 10.1 Å². The molecule has 0 aromatic heterocycles. The van der Waals surface area contributed by atoms with Crippen LogP contribution in [0.5, 0.6) is 5.75 Å². The molecule has 20 heavy (non-hydrogen) atoms. The Hall–Kier alpha value is -1.66. The maximum Gasteiger partial charge on any atom is 0.310 e. The molecule has 0 bridgehead atoms. The Kier molecular flexibility index (Phi) is 5.31. The zero-order valence-corrected chi connectivity index (χ0v) is 11.4. The van der Waals surface area contributed by atoms with Gasteiger partial charge in [0.05, 0.1) is 4.92 Å². The van der Waals surface area contributed by atoms with Gasteiger partial charge in [-0.05, 0) is 32.0 Å². The number of aliphatic hydroxyl groups is 1. The Labute approximate surface area is 118 Å². The second-order valence-corrected chi connectivity index (χ2v) is 5.05. The number of likely N-dealkylation sites (tertiary alicyclic amines) is 1. The van der Waals surface area contributed by atoms with Crippen molar-refractivity contribution in [3.8, 4) is 5.75 Å². The molecule has 0 spiro atoms. The Morgan fingerprint density at radius 3 is 2.70 bits per heavy atom. The van der Waals surface area contributed by atoms with Gasteiger partial charge in [0.25, 0.3) is 0 Å². The fraction of sp³-hybridized carbons (Fsp3) is 0.571. The third-order valence-electron chi connectivity index (χ3n) is 3.41. The van der Waals surface area contributed by atoms with Gasteiger partial charge in [-0.15, -0.1) is 0 Å². The molecule has 1 fully saturated rings. The van der Waals surface area contributed by atoms with Gasteiger partial charge in [0.1, 0.15) is 12.7 Å². The van der Waals surface area contributed by atoms with Gasteiger partial charge in [0, 0.05) is 12.6 Å². The van der Waals surface area contributed by atoms with Crippen LogP contribution in [0.4, 0.5) is 5.69 Å². The fourth-order valence-electron chi connectivity index (χ4n) is 2.41. The van der Waals surface area contributed by atoms with Crippen molar-refractivity contribution >= 4 is 5.69 Å². The number of hydrogen-bond acceptors (Lipinski definition) is 5. The quantitative estimate of drug-likeness (QED) is 0.635. The molecule has 1 aromatic carbocycles. The number of nitro groups is 1. The summed E-state index contributed by atoms with van der Waals surface area (Å²) < 4.78 is 5.38. The Morgan fingerprint density at radius 2 is 2.00 bits per heavy atom. The molecule has 0 saturated carbocycles. The number of hydrogen-bond donors (Lipinski definition) is 1. The second kappa shape index (κ2) is 7.21. The summed E-state index contributed by atoms with van der Waals surface area (Å²) in [6.45, 7) is 2.63. The predicted molar refractivity (Wildman–Crippen MR) is 74.9 cm³/mol. The van der Waals surface area contributed by atoms with Crippen LogP contribution in [-0.2, 0) is 0 Å². The van der Waals surface area contributed by atoms with Crippen LogP contribution >= 0.6 is 0 Å². The summed E-state index contributed by atoms with van der Waals surface area (Å²) in [6.07, 6.45) is 2.95. The lowest BCUT2D eigenvalue weighted by Gasteiger charge is -2.28. The lowest BCUT2D eigenvalue weighted by molar-refractivity contribution is -0.385. The standard InChI is InChI=1S/C14H20N2O4/c17-12(10-15-8-4-1-5-9-15)11-20-14-7-3-2-6-13(14)16(18)19/h2-3,6-7,12,17H,1,4-5,8-11H2/t12-/m0/s1. The Bertz CT molecular complexity index is 447. The van der Waals surface area contributed by atoms with E-state index in [1.54, 1.807) is 18.2 Å². The Morgan fingerprint density at radius 1 is 1.30 bits per heavy atom. The first-order valence-electron chi connectivity index (χ1n) is 6.93. The van der Waals surface area contributed by atoms with Crippen molar-refractivity contribution in [1.29, 1.82) is 0 Å². The van der Waals surface area contributed by atoms with Crippen molar-refractivity contribution in [1.82, 2.24) is 4.90 Å². The SMILES string of the molecule is O=[N+]([O-])c1ccccc1OC[C@@H](O)CN1CCCCC1. The predicted octanol–water partition coefficient (Wildman–Crippen LogP) is 1.82. The highest BCUT2D eigenvalue weighted by atomic mass is 16.6. The van der Waals surface area contributed by atoms with Crippen LogP contribution < -0.4 is 4.74 Å². The lowest BCUT2D eigenvalue weighted by atomic mass is 10.1. The van der Waals surface area contributed by atoms with Gasteiger partial charge in [0.2, 0.25) is 0 Å². The lowest BCUT2D eigenvalue weighted by Crippen LogP contribution is -2.38. The molecule has 1 atom stereocenters. The number of para-hydroxylation sites is 2. The zero-order valence-electron chi connectivity index (χ0n) is 11.4. The number of nitrogens with zero attached hydrogens (tertiary/aromatic N) is 2. The molecule has 0 radical (unpaired) electrons. The third kappa shape index (κ3) is 4.18. The van der Waals surface area contributed by atoms with E-state index in [0.717, 1.165) is 25.9 Å². The zero-order chi connectivity index (χ0) is 14.4. The van der Waals surface area contributed by atoms with Gasteiger partial charge in [-0.3, -0.25) is 10.1 Å². The maximum absolute atomic E-state index is 10.8. The van der Waals surface area contributed by atoms with Gasteiger partial charge >= 0.3 is 5.69 Å². The average molecular weight is 280 g/mol. The molecule has 1 N–H and O–H groups in total. The van der Waals surface area contributed by atoms with Crippen molar-refractivity contribution in [2.24, 2.45) is 0 Å². The largest absolute Gasteiger partial charge is 0.484 e. The molecule has 0 amide bonds. The van der Waals surface area contributed by atoms with Crippen molar-refractivity contribution in [3.63, 3.8) is 0 Å². The molecular weight excluding hydrogens is 260 g/mol. The summed E-state index contributed by atoms with van der Waals surface area (Å²) in [5, 5.41) is 20.8. The molecule has 6 heteroatoms. The Balaban J connectivity index is 1.83. The minimum absolute atomic E-state index is 0.0708. The molecule has 1 aliphatic heterocycles. The summed E-state index contributed by atoms with van der Waals surface area (Å²) in [5.74, 6) is 0.204. The van der Waals surface area contributed by atoms with Crippen LogP contribution in [0.1, 0.15) is 19.3 Å². The van der Waals surface area contributed by atoms with Gasteiger partial charge in [0.15, 0.2) is 5.75 Å². The van der Waals surface area contributed by atoms with Crippen molar-refractivity contribution in [2.45, 2.75) is 25.4 Å². The summed E-state index contributed by atoms with van der Waals surface area (Å²) in [5.41, 5.74) is -0.0716. The van der Waals surface area contributed by atoms with E-state index in [0.29, 0.717) is 6.54 Å². The van der Waals surface area contributed by atoms with Crippen molar-refractivity contribution in [2.75, 3.05) is 26.2 Å². The van der Waals surface area contributed by atoms with E-state index < -0.39 is 11.0 Å². The van der Waals surface area contributed by atoms with Gasteiger partial charge in [-0.1, -0.05) is 18.6 Å². The number of β-amino-alcohol motifs (C(OH)–C–C–N with tert-alkyl or cyclic N) is 1. The van der Waals surface area contributed by atoms with E-state index in [1.165, 1.54) is 12.5 Å². The summed E-state index contributed by atoms with van der Waals surface area (Å²) in [6, 6.07) is 6.21. The topological polar surface area (TPSA) is 75.8 Å². The van der Waals surface area contributed by atoms with E-state index in [9.17, 15) is 15.2 Å². The monoisotopic (exact) mass is 280 g/mol. The highest BCUT2D eigenvalue weighted by Crippen LogP contribution is 2.25. The maximum atomic E-state index is 10.8. The van der Waals surface area contributed by atoms with Crippen molar-refractivity contribution < 1.29 is 14.8 Å². The highest BCUT2D eigenvalue weighted by molar-refractivity contribution is 5.45. The van der Waals surface area contributed by atoms with Gasteiger partial charge in [-0.25, -0.2) is 0 Å². The first-order valence-corrected chi connectivity index (χ1v) is 6.93. The van der Waals surface area contributed by atoms with Crippen LogP contribution in [0.2, 0.25) is 0 Å². The van der Waals surface area contributed by atoms with Crippen LogP contribution in [0.3, 0.4) is 0 Å². The normalized spacial score (nSPS) is 17.6. The van der Waals surface area contributed by atoms with Crippen LogP contribution in [-0.4, -0.2) is 47.3 Å². The van der Waals surface area contributed by atoms with Gasteiger partial charge < -0.3 is 14.7 Å². The van der Waals surface area contributed by atoms with Crippen LogP contribution in [0.25, 0.3) is 0 Å². The molecule has 1 aromatic rings. The molecule has 1 aliphatic rings. The summed E-state index contributed by atoms with van der Waals surface area (Å²) in [7, 11) is 0.